The summed E-state index contributed by atoms with van der Waals surface area (Å²) in [5.74, 6) is 0.335. The second-order valence-electron chi connectivity index (χ2n) is 3.21. The summed E-state index contributed by atoms with van der Waals surface area (Å²) >= 11 is 0. The molecule has 2 rings (SSSR count). The third-order valence-corrected chi connectivity index (χ3v) is 2.22. The van der Waals surface area contributed by atoms with Crippen molar-refractivity contribution in [1.82, 2.24) is 9.97 Å². The van der Waals surface area contributed by atoms with Gasteiger partial charge in [-0.15, -0.1) is 0 Å². The third kappa shape index (κ3) is 1.52. The number of nitrogens with zero attached hydrogens (tertiary/aromatic N) is 1. The number of nitrogens with one attached hydrogen (secondary N) is 1. The molecule has 0 aliphatic heterocycles. The van der Waals surface area contributed by atoms with E-state index in [9.17, 15) is 9.90 Å². The van der Waals surface area contributed by atoms with Gasteiger partial charge in [-0.05, 0) is 13.0 Å². The zero-order chi connectivity index (χ0) is 11.0. The number of rotatable bonds is 1. The van der Waals surface area contributed by atoms with Crippen LogP contribution in [0.15, 0.2) is 16.9 Å². The highest BCUT2D eigenvalue weighted by molar-refractivity contribution is 5.84. The maximum Gasteiger partial charge on any atom is 0.345 e. The number of hydrogen-bond donors (Lipinski definition) is 2. The molecule has 0 bridgehead atoms. The first-order chi connectivity index (χ1) is 7.11. The Labute approximate surface area is 85.4 Å². The highest BCUT2D eigenvalue weighted by Gasteiger charge is 2.07. The van der Waals surface area contributed by atoms with E-state index in [1.54, 1.807) is 13.0 Å². The standard InChI is InChI=1S/C10H10N2O3/c1-5-6-3-9(15-2)8(13)4-7(6)12-10(14)11-5/h3-4,13H,1-2H3,(H,11,12,14). The molecule has 1 aromatic heterocycles. The van der Waals surface area contributed by atoms with Gasteiger partial charge in [0.15, 0.2) is 11.5 Å². The summed E-state index contributed by atoms with van der Waals surface area (Å²) in [6.07, 6.45) is 0. The minimum atomic E-state index is -0.426. The maximum atomic E-state index is 11.1. The molecule has 78 valence electrons. The quantitative estimate of drug-likeness (QED) is 0.728. The van der Waals surface area contributed by atoms with Crippen LogP contribution in [0, 0.1) is 6.92 Å². The molecule has 0 saturated heterocycles. The predicted molar refractivity (Wildman–Crippen MR) is 55.3 cm³/mol. The molecule has 0 unspecified atom stereocenters. The van der Waals surface area contributed by atoms with Gasteiger partial charge < -0.3 is 14.8 Å². The number of hydrogen-bond acceptors (Lipinski definition) is 4. The van der Waals surface area contributed by atoms with Crippen LogP contribution in [-0.2, 0) is 0 Å². The molecule has 0 amide bonds. The lowest BCUT2D eigenvalue weighted by Crippen LogP contribution is -2.11. The van der Waals surface area contributed by atoms with Crippen LogP contribution >= 0.6 is 0 Å². The number of fused-ring (bicyclic) bond motifs is 1. The molecule has 0 aliphatic carbocycles. The topological polar surface area (TPSA) is 75.2 Å². The van der Waals surface area contributed by atoms with Gasteiger partial charge in [0.1, 0.15) is 0 Å². The molecule has 0 aliphatic rings. The highest BCUT2D eigenvalue weighted by atomic mass is 16.5. The Bertz CT molecular complexity index is 575. The van der Waals surface area contributed by atoms with Crippen molar-refractivity contribution in [2.24, 2.45) is 0 Å². The van der Waals surface area contributed by atoms with Crippen LogP contribution in [0.25, 0.3) is 10.9 Å². The van der Waals surface area contributed by atoms with Crippen LogP contribution in [0.4, 0.5) is 0 Å². The number of aryl methyl sites for hydroxylation is 1. The molecular weight excluding hydrogens is 196 g/mol. The molecule has 1 aromatic carbocycles. The minimum absolute atomic E-state index is 0.0255. The Morgan fingerprint density at radius 2 is 2.20 bits per heavy atom. The lowest BCUT2D eigenvalue weighted by Gasteiger charge is -2.06. The van der Waals surface area contributed by atoms with E-state index in [0.29, 0.717) is 17.0 Å². The number of ether oxygens (including phenoxy) is 1. The lowest BCUT2D eigenvalue weighted by molar-refractivity contribution is 0.374. The first kappa shape index (κ1) is 9.51. The summed E-state index contributed by atoms with van der Waals surface area (Å²) in [5, 5.41) is 10.3. The van der Waals surface area contributed by atoms with E-state index in [4.69, 9.17) is 4.74 Å². The fourth-order valence-corrected chi connectivity index (χ4v) is 1.48. The van der Waals surface area contributed by atoms with Crippen LogP contribution in [0.5, 0.6) is 11.5 Å². The SMILES string of the molecule is COc1cc2c(C)[nH]c(=O)nc2cc1O. The van der Waals surface area contributed by atoms with Crippen molar-refractivity contribution in [1.29, 1.82) is 0 Å². The average molecular weight is 206 g/mol. The fraction of sp³-hybridized carbons (Fsp3) is 0.200. The van der Waals surface area contributed by atoms with Crippen LogP contribution in [-0.4, -0.2) is 22.2 Å². The number of benzene rings is 1. The average Bonchev–Trinajstić information content (AvgIpc) is 2.16. The van der Waals surface area contributed by atoms with Crippen LogP contribution < -0.4 is 10.4 Å². The van der Waals surface area contributed by atoms with Crippen molar-refractivity contribution in [3.8, 4) is 11.5 Å². The third-order valence-electron chi connectivity index (χ3n) is 2.22. The van der Waals surface area contributed by atoms with E-state index >= 15 is 0 Å². The van der Waals surface area contributed by atoms with Crippen molar-refractivity contribution in [2.45, 2.75) is 6.92 Å². The monoisotopic (exact) mass is 206 g/mol. The largest absolute Gasteiger partial charge is 0.504 e. The summed E-state index contributed by atoms with van der Waals surface area (Å²) < 4.78 is 4.97. The molecule has 1 heterocycles. The van der Waals surface area contributed by atoms with Gasteiger partial charge >= 0.3 is 5.69 Å². The zero-order valence-electron chi connectivity index (χ0n) is 8.37. The molecule has 0 radical (unpaired) electrons. The Hall–Kier alpha value is -2.04. The van der Waals surface area contributed by atoms with E-state index in [0.717, 1.165) is 5.39 Å². The molecule has 0 saturated carbocycles. The zero-order valence-corrected chi connectivity index (χ0v) is 8.37. The molecule has 2 N–H and O–H groups in total. The second kappa shape index (κ2) is 3.27. The first-order valence-electron chi connectivity index (χ1n) is 4.39. The highest BCUT2D eigenvalue weighted by Crippen LogP contribution is 2.30. The number of H-pyrrole nitrogens is 1. The van der Waals surface area contributed by atoms with Crippen LogP contribution in [0.1, 0.15) is 5.69 Å². The molecule has 0 atom stereocenters. The Morgan fingerprint density at radius 1 is 1.47 bits per heavy atom. The van der Waals surface area contributed by atoms with E-state index in [1.807, 2.05) is 0 Å². The van der Waals surface area contributed by atoms with Gasteiger partial charge in [-0.2, -0.15) is 4.98 Å². The van der Waals surface area contributed by atoms with Gasteiger partial charge in [0.2, 0.25) is 0 Å². The summed E-state index contributed by atoms with van der Waals surface area (Å²) in [6, 6.07) is 3.05. The van der Waals surface area contributed by atoms with Crippen molar-refractivity contribution >= 4 is 10.9 Å². The van der Waals surface area contributed by atoms with E-state index in [2.05, 4.69) is 9.97 Å². The maximum absolute atomic E-state index is 11.1. The number of phenolic OH excluding ortho intramolecular Hbond substituents is 1. The van der Waals surface area contributed by atoms with Gasteiger partial charge in [0, 0.05) is 17.1 Å². The number of aromatic amines is 1. The molecule has 0 spiro atoms. The van der Waals surface area contributed by atoms with Crippen molar-refractivity contribution in [3.63, 3.8) is 0 Å². The fourth-order valence-electron chi connectivity index (χ4n) is 1.48. The molecule has 5 heteroatoms. The molecule has 5 nitrogen and oxygen atoms in total. The van der Waals surface area contributed by atoms with Gasteiger partial charge in [-0.3, -0.25) is 0 Å². The molecular formula is C10H10N2O3. The normalized spacial score (nSPS) is 10.5. The minimum Gasteiger partial charge on any atom is -0.504 e. The Morgan fingerprint density at radius 3 is 2.87 bits per heavy atom. The summed E-state index contributed by atoms with van der Waals surface area (Å²) in [6.45, 7) is 1.77. The second-order valence-corrected chi connectivity index (χ2v) is 3.21. The Kier molecular flexibility index (Phi) is 2.07. The van der Waals surface area contributed by atoms with E-state index in [-0.39, 0.29) is 5.75 Å². The smallest absolute Gasteiger partial charge is 0.345 e. The van der Waals surface area contributed by atoms with Gasteiger partial charge in [0.05, 0.1) is 12.6 Å². The van der Waals surface area contributed by atoms with Crippen LogP contribution in [0.2, 0.25) is 0 Å². The van der Waals surface area contributed by atoms with Gasteiger partial charge in [-0.25, -0.2) is 4.79 Å². The van der Waals surface area contributed by atoms with Crippen LogP contribution in [0.3, 0.4) is 0 Å². The summed E-state index contributed by atoms with van der Waals surface area (Å²) in [5.41, 5.74) is 0.724. The molecule has 2 aromatic rings. The van der Waals surface area contributed by atoms with Crippen molar-refractivity contribution < 1.29 is 9.84 Å². The van der Waals surface area contributed by atoms with Crippen molar-refractivity contribution in [2.75, 3.05) is 7.11 Å². The Balaban J connectivity index is 2.87. The number of aromatic hydroxyl groups is 1. The molecule has 0 fully saturated rings. The number of aromatic nitrogens is 2. The van der Waals surface area contributed by atoms with Gasteiger partial charge in [-0.1, -0.05) is 0 Å². The lowest BCUT2D eigenvalue weighted by atomic mass is 10.2. The number of phenols is 1. The number of methoxy groups -OCH3 is 1. The summed E-state index contributed by atoms with van der Waals surface area (Å²) in [7, 11) is 1.47. The van der Waals surface area contributed by atoms with Gasteiger partial charge in [0.25, 0.3) is 0 Å². The summed E-state index contributed by atoms with van der Waals surface area (Å²) in [4.78, 5) is 17.4. The predicted octanol–water partition coefficient (Wildman–Crippen LogP) is 0.946. The first-order valence-corrected chi connectivity index (χ1v) is 4.39. The van der Waals surface area contributed by atoms with E-state index < -0.39 is 5.69 Å². The molecule has 15 heavy (non-hydrogen) atoms. The van der Waals surface area contributed by atoms with Crippen molar-refractivity contribution in [3.05, 3.63) is 28.3 Å². The van der Waals surface area contributed by atoms with E-state index in [1.165, 1.54) is 13.2 Å².